The Morgan fingerprint density at radius 1 is 1.22 bits per heavy atom. The molecule has 166 valence electrons. The molecule has 0 bridgehead atoms. The molecule has 1 fully saturated rings. The van der Waals surface area contributed by atoms with Crippen molar-refractivity contribution in [3.05, 3.63) is 63.5 Å². The van der Waals surface area contributed by atoms with Crippen molar-refractivity contribution < 1.29 is 23.9 Å². The third kappa shape index (κ3) is 5.58. The number of ether oxygens (including phenoxy) is 2. The third-order valence-electron chi connectivity index (χ3n) is 4.06. The Kier molecular flexibility index (Phi) is 7.73. The van der Waals surface area contributed by atoms with E-state index in [9.17, 15) is 14.4 Å². The summed E-state index contributed by atoms with van der Waals surface area (Å²) in [7, 11) is 0. The van der Waals surface area contributed by atoms with Gasteiger partial charge in [-0.2, -0.15) is 5.01 Å². The van der Waals surface area contributed by atoms with E-state index in [4.69, 9.17) is 39.0 Å². The molecule has 32 heavy (non-hydrogen) atoms. The molecule has 1 saturated heterocycles. The smallest absolute Gasteiger partial charge is 0.285 e. The topological polar surface area (TPSA) is 111 Å². The van der Waals surface area contributed by atoms with Crippen molar-refractivity contribution in [1.82, 2.24) is 10.4 Å². The Morgan fingerprint density at radius 3 is 2.66 bits per heavy atom. The van der Waals surface area contributed by atoms with Crippen molar-refractivity contribution in [1.29, 1.82) is 0 Å². The van der Waals surface area contributed by atoms with Crippen LogP contribution in [0.2, 0.25) is 5.02 Å². The predicted octanol–water partition coefficient (Wildman–Crippen LogP) is 3.15. The highest BCUT2D eigenvalue weighted by molar-refractivity contribution is 8.26. The monoisotopic (exact) mass is 491 g/mol. The number of hydrogen-bond acceptors (Lipinski definition) is 7. The number of halogens is 1. The van der Waals surface area contributed by atoms with Gasteiger partial charge in [0, 0.05) is 0 Å². The summed E-state index contributed by atoms with van der Waals surface area (Å²) < 4.78 is 11.1. The standard InChI is InChI=1S/C21H18ClN3O5S2/c1-2-29-16-9-12(7-8-15(16)30-11-18(23)26)10-17-20(28)25(21(31)32-17)24-19(27)13-5-3-4-6-14(13)22/h3-10H,2,11H2,1H3,(H2,23,26)(H,24,27)/b17-10-. The lowest BCUT2D eigenvalue weighted by Gasteiger charge is -2.16. The molecule has 1 aliphatic rings. The van der Waals surface area contributed by atoms with E-state index < -0.39 is 17.7 Å². The predicted molar refractivity (Wildman–Crippen MR) is 126 cm³/mol. The van der Waals surface area contributed by atoms with E-state index >= 15 is 0 Å². The minimum Gasteiger partial charge on any atom is -0.490 e. The number of rotatable bonds is 8. The molecule has 0 aromatic heterocycles. The Bertz CT molecular complexity index is 1120. The molecule has 0 aliphatic carbocycles. The number of primary amides is 1. The third-order valence-corrected chi connectivity index (χ3v) is 5.69. The van der Waals surface area contributed by atoms with E-state index in [-0.39, 0.29) is 21.5 Å². The largest absolute Gasteiger partial charge is 0.490 e. The van der Waals surface area contributed by atoms with Gasteiger partial charge >= 0.3 is 0 Å². The SMILES string of the molecule is CCOc1cc(/C=C2\SC(=S)N(NC(=O)c3ccccc3Cl)C2=O)ccc1OCC(N)=O. The highest BCUT2D eigenvalue weighted by Gasteiger charge is 2.34. The Labute approximate surface area is 198 Å². The van der Waals surface area contributed by atoms with Crippen LogP contribution in [0.4, 0.5) is 0 Å². The van der Waals surface area contributed by atoms with Gasteiger partial charge in [-0.15, -0.1) is 0 Å². The molecular formula is C21H18ClN3O5S2. The van der Waals surface area contributed by atoms with Crippen molar-refractivity contribution in [3.8, 4) is 11.5 Å². The van der Waals surface area contributed by atoms with Crippen LogP contribution in [0.25, 0.3) is 6.08 Å². The summed E-state index contributed by atoms with van der Waals surface area (Å²) in [6.07, 6.45) is 1.61. The van der Waals surface area contributed by atoms with Gasteiger partial charge < -0.3 is 15.2 Å². The maximum Gasteiger partial charge on any atom is 0.285 e. The minimum absolute atomic E-state index is 0.174. The number of carbonyl (C=O) groups excluding carboxylic acids is 3. The summed E-state index contributed by atoms with van der Waals surface area (Å²) in [4.78, 5) is 36.6. The van der Waals surface area contributed by atoms with Gasteiger partial charge in [-0.1, -0.05) is 41.6 Å². The first-order valence-corrected chi connectivity index (χ1v) is 10.9. The summed E-state index contributed by atoms with van der Waals surface area (Å²) in [5, 5.41) is 1.26. The summed E-state index contributed by atoms with van der Waals surface area (Å²) in [5.41, 5.74) is 8.46. The normalized spacial score (nSPS) is 14.6. The van der Waals surface area contributed by atoms with E-state index in [2.05, 4.69) is 5.43 Å². The number of nitrogens with one attached hydrogen (secondary N) is 1. The lowest BCUT2D eigenvalue weighted by Crippen LogP contribution is -2.44. The lowest BCUT2D eigenvalue weighted by atomic mass is 10.2. The van der Waals surface area contributed by atoms with Crippen molar-refractivity contribution in [3.63, 3.8) is 0 Å². The van der Waals surface area contributed by atoms with E-state index in [0.29, 0.717) is 28.6 Å². The minimum atomic E-state index is -0.612. The van der Waals surface area contributed by atoms with Gasteiger partial charge in [0.2, 0.25) is 0 Å². The number of hydrazine groups is 1. The van der Waals surface area contributed by atoms with Crippen LogP contribution in [0.5, 0.6) is 11.5 Å². The van der Waals surface area contributed by atoms with Crippen LogP contribution in [0, 0.1) is 0 Å². The highest BCUT2D eigenvalue weighted by Crippen LogP contribution is 2.34. The van der Waals surface area contributed by atoms with Crippen LogP contribution in [0.15, 0.2) is 47.4 Å². The first-order chi connectivity index (χ1) is 15.3. The lowest BCUT2D eigenvalue weighted by molar-refractivity contribution is -0.123. The van der Waals surface area contributed by atoms with Crippen LogP contribution >= 0.6 is 35.6 Å². The van der Waals surface area contributed by atoms with Crippen molar-refractivity contribution in [2.75, 3.05) is 13.2 Å². The molecule has 2 aromatic carbocycles. The van der Waals surface area contributed by atoms with Crippen molar-refractivity contribution in [2.45, 2.75) is 6.92 Å². The molecule has 0 atom stereocenters. The van der Waals surface area contributed by atoms with E-state index in [1.807, 2.05) is 0 Å². The van der Waals surface area contributed by atoms with E-state index in [1.165, 1.54) is 0 Å². The average Bonchev–Trinajstić information content (AvgIpc) is 3.01. The fourth-order valence-electron chi connectivity index (χ4n) is 2.67. The van der Waals surface area contributed by atoms with Gasteiger partial charge in [0.15, 0.2) is 22.4 Å². The molecule has 3 N–H and O–H groups in total. The maximum atomic E-state index is 12.8. The molecule has 0 spiro atoms. The summed E-state index contributed by atoms with van der Waals surface area (Å²) in [5.74, 6) is -0.901. The molecule has 2 aromatic rings. The molecule has 0 unspecified atom stereocenters. The first-order valence-electron chi connectivity index (χ1n) is 9.31. The summed E-state index contributed by atoms with van der Waals surface area (Å²) in [6, 6.07) is 11.4. The van der Waals surface area contributed by atoms with Crippen LogP contribution in [0.1, 0.15) is 22.8 Å². The summed E-state index contributed by atoms with van der Waals surface area (Å²) in [6.45, 7) is 1.88. The van der Waals surface area contributed by atoms with Gasteiger partial charge in [0.25, 0.3) is 17.7 Å². The zero-order valence-corrected chi connectivity index (χ0v) is 19.2. The fraction of sp³-hybridized carbons (Fsp3) is 0.143. The number of amides is 3. The molecular weight excluding hydrogens is 474 g/mol. The van der Waals surface area contributed by atoms with Gasteiger partial charge in [-0.3, -0.25) is 19.8 Å². The molecule has 3 rings (SSSR count). The maximum absolute atomic E-state index is 12.8. The number of nitrogens with zero attached hydrogens (tertiary/aromatic N) is 1. The van der Waals surface area contributed by atoms with Gasteiger partial charge in [0.05, 0.1) is 22.1 Å². The van der Waals surface area contributed by atoms with E-state index in [1.54, 1.807) is 55.5 Å². The van der Waals surface area contributed by atoms with E-state index in [0.717, 1.165) is 16.8 Å². The summed E-state index contributed by atoms with van der Waals surface area (Å²) >= 11 is 12.3. The number of nitrogens with two attached hydrogens (primary N) is 1. The molecule has 0 saturated carbocycles. The number of benzene rings is 2. The van der Waals surface area contributed by atoms with Gasteiger partial charge in [0.1, 0.15) is 0 Å². The number of carbonyl (C=O) groups is 3. The Hall–Kier alpha value is -3.08. The zero-order valence-electron chi connectivity index (χ0n) is 16.8. The van der Waals surface area contributed by atoms with Crippen molar-refractivity contribution in [2.24, 2.45) is 5.73 Å². The second kappa shape index (κ2) is 10.5. The molecule has 1 heterocycles. The number of thioether (sulfide) groups is 1. The Morgan fingerprint density at radius 2 is 1.97 bits per heavy atom. The molecule has 8 nitrogen and oxygen atoms in total. The second-order valence-electron chi connectivity index (χ2n) is 6.33. The molecule has 1 aliphatic heterocycles. The van der Waals surface area contributed by atoms with Crippen LogP contribution < -0.4 is 20.6 Å². The second-order valence-corrected chi connectivity index (χ2v) is 8.42. The molecule has 0 radical (unpaired) electrons. The van der Waals surface area contributed by atoms with Crippen LogP contribution in [-0.2, 0) is 9.59 Å². The number of hydrogen-bond donors (Lipinski definition) is 2. The molecule has 11 heteroatoms. The highest BCUT2D eigenvalue weighted by atomic mass is 35.5. The van der Waals surface area contributed by atoms with Crippen LogP contribution in [-0.4, -0.2) is 40.3 Å². The first kappa shape index (κ1) is 23.6. The quantitative estimate of drug-likeness (QED) is 0.431. The van der Waals surface area contributed by atoms with Crippen LogP contribution in [0.3, 0.4) is 0 Å². The Balaban J connectivity index is 1.79. The zero-order chi connectivity index (χ0) is 23.3. The molecule has 3 amide bonds. The number of thiocarbonyl (C=S) groups is 1. The fourth-order valence-corrected chi connectivity index (χ4v) is 4.07. The van der Waals surface area contributed by atoms with Gasteiger partial charge in [-0.05, 0) is 55.0 Å². The average molecular weight is 492 g/mol. The van der Waals surface area contributed by atoms with Crippen molar-refractivity contribution >= 4 is 63.7 Å². The van der Waals surface area contributed by atoms with Gasteiger partial charge in [-0.25, -0.2) is 0 Å².